The van der Waals surface area contributed by atoms with Crippen molar-refractivity contribution >= 4 is 15.7 Å². The minimum Gasteiger partial charge on any atom is -0.435 e. The van der Waals surface area contributed by atoms with Gasteiger partial charge in [-0.25, -0.2) is 13.1 Å². The van der Waals surface area contributed by atoms with Gasteiger partial charge in [0, 0.05) is 12.6 Å². The number of alkyl halides is 2. The first-order valence-corrected chi connectivity index (χ1v) is 8.46. The van der Waals surface area contributed by atoms with Gasteiger partial charge in [0.05, 0.1) is 4.92 Å². The van der Waals surface area contributed by atoms with Crippen LogP contribution >= 0.6 is 0 Å². The maximum absolute atomic E-state index is 12.4. The van der Waals surface area contributed by atoms with Crippen LogP contribution in [0.1, 0.15) is 11.1 Å². The third-order valence-corrected chi connectivity index (χ3v) is 4.84. The zero-order valence-electron chi connectivity index (χ0n) is 13.0. The predicted octanol–water partition coefficient (Wildman–Crippen LogP) is 2.98. The first kappa shape index (κ1) is 18.7. The van der Waals surface area contributed by atoms with E-state index in [0.717, 1.165) is 6.07 Å². The van der Waals surface area contributed by atoms with Crippen LogP contribution in [-0.4, -0.2) is 20.0 Å². The summed E-state index contributed by atoms with van der Waals surface area (Å²) >= 11 is 0. The molecule has 0 saturated heterocycles. The Morgan fingerprint density at radius 3 is 2.56 bits per heavy atom. The van der Waals surface area contributed by atoms with E-state index in [1.165, 1.54) is 43.3 Å². The van der Waals surface area contributed by atoms with E-state index >= 15 is 0 Å². The predicted molar refractivity (Wildman–Crippen MR) is 84.9 cm³/mol. The Labute approximate surface area is 142 Å². The average molecular weight is 372 g/mol. The number of aryl methyl sites for hydroxylation is 1. The second kappa shape index (κ2) is 7.53. The van der Waals surface area contributed by atoms with Crippen LogP contribution in [0, 0.1) is 17.0 Å². The Morgan fingerprint density at radius 2 is 1.92 bits per heavy atom. The van der Waals surface area contributed by atoms with Crippen molar-refractivity contribution in [3.8, 4) is 5.75 Å². The fourth-order valence-electron chi connectivity index (χ4n) is 2.21. The summed E-state index contributed by atoms with van der Waals surface area (Å²) < 4.78 is 55.8. The summed E-state index contributed by atoms with van der Waals surface area (Å²) in [6.45, 7) is -1.80. The van der Waals surface area contributed by atoms with Crippen LogP contribution in [0.25, 0.3) is 0 Å². The van der Waals surface area contributed by atoms with Crippen LogP contribution in [0.15, 0.2) is 47.4 Å². The molecule has 2 aromatic rings. The van der Waals surface area contributed by atoms with Gasteiger partial charge >= 0.3 is 6.61 Å². The molecule has 0 spiro atoms. The summed E-state index contributed by atoms with van der Waals surface area (Å²) in [5.74, 6) is -0.117. The number of rotatable bonds is 7. The Balaban J connectivity index is 2.25. The zero-order chi connectivity index (χ0) is 18.6. The highest BCUT2D eigenvalue weighted by Gasteiger charge is 2.27. The number of ether oxygens (including phenoxy) is 1. The van der Waals surface area contributed by atoms with E-state index in [2.05, 4.69) is 9.46 Å². The van der Waals surface area contributed by atoms with Crippen molar-refractivity contribution in [2.45, 2.75) is 25.0 Å². The highest BCUT2D eigenvalue weighted by atomic mass is 32.2. The average Bonchev–Trinajstić information content (AvgIpc) is 2.52. The van der Waals surface area contributed by atoms with Crippen LogP contribution in [0.5, 0.6) is 5.75 Å². The van der Waals surface area contributed by atoms with Crippen molar-refractivity contribution in [1.82, 2.24) is 4.72 Å². The van der Waals surface area contributed by atoms with Gasteiger partial charge in [-0.05, 0) is 30.2 Å². The maximum atomic E-state index is 12.4. The summed E-state index contributed by atoms with van der Waals surface area (Å²) in [6, 6.07) is 9.41. The van der Waals surface area contributed by atoms with Crippen LogP contribution in [-0.2, 0) is 16.6 Å². The molecule has 7 nitrogen and oxygen atoms in total. The van der Waals surface area contributed by atoms with Crippen LogP contribution in [0.2, 0.25) is 0 Å². The molecule has 0 bridgehead atoms. The van der Waals surface area contributed by atoms with Crippen LogP contribution in [0.4, 0.5) is 14.5 Å². The van der Waals surface area contributed by atoms with Crippen molar-refractivity contribution in [2.24, 2.45) is 0 Å². The largest absolute Gasteiger partial charge is 0.435 e. The molecule has 134 valence electrons. The number of benzene rings is 2. The number of nitro benzene ring substituents is 1. The van der Waals surface area contributed by atoms with Gasteiger partial charge in [0.25, 0.3) is 5.69 Å². The first-order chi connectivity index (χ1) is 11.7. The molecule has 0 heterocycles. The number of halogens is 2. The lowest BCUT2D eigenvalue weighted by Crippen LogP contribution is -2.25. The van der Waals surface area contributed by atoms with Gasteiger partial charge in [0.15, 0.2) is 4.90 Å². The minimum atomic E-state index is -4.18. The summed E-state index contributed by atoms with van der Waals surface area (Å²) in [7, 11) is -4.18. The van der Waals surface area contributed by atoms with E-state index in [1.807, 2.05) is 0 Å². The van der Waals surface area contributed by atoms with Crippen molar-refractivity contribution in [3.05, 3.63) is 63.7 Å². The molecule has 0 aliphatic carbocycles. The molecule has 25 heavy (non-hydrogen) atoms. The van der Waals surface area contributed by atoms with Gasteiger partial charge in [0.1, 0.15) is 5.75 Å². The van der Waals surface area contributed by atoms with E-state index < -0.39 is 32.1 Å². The number of hydrogen-bond donors (Lipinski definition) is 1. The number of nitro groups is 1. The molecule has 1 N–H and O–H groups in total. The molecule has 0 aliphatic rings. The van der Waals surface area contributed by atoms with Crippen LogP contribution in [0.3, 0.4) is 0 Å². The summed E-state index contributed by atoms with van der Waals surface area (Å²) in [4.78, 5) is 9.86. The van der Waals surface area contributed by atoms with E-state index in [9.17, 15) is 27.3 Å². The van der Waals surface area contributed by atoms with E-state index in [0.29, 0.717) is 5.56 Å². The third-order valence-electron chi connectivity index (χ3n) is 3.25. The fourth-order valence-corrected chi connectivity index (χ4v) is 3.62. The molecule has 0 amide bonds. The third kappa shape index (κ3) is 4.70. The fraction of sp³-hybridized carbons (Fsp3) is 0.200. The molecule has 0 aromatic heterocycles. The van der Waals surface area contributed by atoms with E-state index in [1.54, 1.807) is 0 Å². The second-order valence-electron chi connectivity index (χ2n) is 5.03. The SMILES string of the molecule is Cc1cccc([N+](=O)[O-])c1S(=O)(=O)NCc1cccc(OC(F)F)c1. The van der Waals surface area contributed by atoms with Gasteiger partial charge in [0.2, 0.25) is 10.0 Å². The molecule has 0 saturated carbocycles. The van der Waals surface area contributed by atoms with Gasteiger partial charge < -0.3 is 4.74 Å². The summed E-state index contributed by atoms with van der Waals surface area (Å²) in [5, 5.41) is 11.1. The van der Waals surface area contributed by atoms with Crippen LogP contribution < -0.4 is 9.46 Å². The quantitative estimate of drug-likeness (QED) is 0.595. The highest BCUT2D eigenvalue weighted by molar-refractivity contribution is 7.89. The standard InChI is InChI=1S/C15H14F2N2O5S/c1-10-4-2-7-13(19(20)21)14(10)25(22,23)18-9-11-5-3-6-12(8-11)24-15(16)17/h2-8,15,18H,9H2,1H3. The number of sulfonamides is 1. The summed E-state index contributed by atoms with van der Waals surface area (Å²) in [6.07, 6.45) is 0. The minimum absolute atomic E-state index is 0.117. The van der Waals surface area contributed by atoms with Gasteiger partial charge in [-0.2, -0.15) is 8.78 Å². The molecule has 0 unspecified atom stereocenters. The molecule has 2 rings (SSSR count). The van der Waals surface area contributed by atoms with Crippen molar-refractivity contribution in [2.75, 3.05) is 0 Å². The molecule has 0 atom stereocenters. The topological polar surface area (TPSA) is 98.5 Å². The Morgan fingerprint density at radius 1 is 1.24 bits per heavy atom. The smallest absolute Gasteiger partial charge is 0.387 e. The normalized spacial score (nSPS) is 11.5. The first-order valence-electron chi connectivity index (χ1n) is 6.98. The molecule has 0 radical (unpaired) electrons. The van der Waals surface area contributed by atoms with Gasteiger partial charge in [-0.1, -0.05) is 24.3 Å². The number of nitrogens with zero attached hydrogens (tertiary/aromatic N) is 1. The molecular formula is C15H14F2N2O5S. The second-order valence-corrected chi connectivity index (χ2v) is 6.73. The maximum Gasteiger partial charge on any atom is 0.387 e. The van der Waals surface area contributed by atoms with E-state index in [4.69, 9.17) is 0 Å². The Kier molecular flexibility index (Phi) is 5.65. The number of nitrogens with one attached hydrogen (secondary N) is 1. The Hall–Kier alpha value is -2.59. The monoisotopic (exact) mass is 372 g/mol. The van der Waals surface area contributed by atoms with Crippen molar-refractivity contribution in [1.29, 1.82) is 0 Å². The summed E-state index contributed by atoms with van der Waals surface area (Å²) in [5.41, 5.74) is 0.0386. The van der Waals surface area contributed by atoms with Crippen molar-refractivity contribution in [3.63, 3.8) is 0 Å². The molecule has 0 fully saturated rings. The lowest BCUT2D eigenvalue weighted by molar-refractivity contribution is -0.387. The highest BCUT2D eigenvalue weighted by Crippen LogP contribution is 2.27. The Bertz CT molecular complexity index is 887. The van der Waals surface area contributed by atoms with Gasteiger partial charge in [-0.15, -0.1) is 0 Å². The number of hydrogen-bond acceptors (Lipinski definition) is 5. The zero-order valence-corrected chi connectivity index (χ0v) is 13.8. The lowest BCUT2D eigenvalue weighted by atomic mass is 10.2. The van der Waals surface area contributed by atoms with Crippen molar-refractivity contribution < 1.29 is 26.9 Å². The molecule has 10 heteroatoms. The lowest BCUT2D eigenvalue weighted by Gasteiger charge is -2.11. The van der Waals surface area contributed by atoms with E-state index in [-0.39, 0.29) is 17.9 Å². The molecule has 2 aromatic carbocycles. The molecular weight excluding hydrogens is 358 g/mol. The molecule has 0 aliphatic heterocycles. The van der Waals surface area contributed by atoms with Gasteiger partial charge in [-0.3, -0.25) is 10.1 Å².